The van der Waals surface area contributed by atoms with Crippen LogP contribution in [-0.4, -0.2) is 19.9 Å². The van der Waals surface area contributed by atoms with Gasteiger partial charge in [0.05, 0.1) is 5.25 Å². The van der Waals surface area contributed by atoms with E-state index in [2.05, 4.69) is 0 Å². The molecule has 0 aliphatic carbocycles. The Morgan fingerprint density at radius 1 is 0.952 bits per heavy atom. The summed E-state index contributed by atoms with van der Waals surface area (Å²) in [4.78, 5) is 0. The molecule has 0 unspecified atom stereocenters. The highest BCUT2D eigenvalue weighted by molar-refractivity contribution is 7.91. The van der Waals surface area contributed by atoms with E-state index in [-0.39, 0.29) is 0 Å². The van der Waals surface area contributed by atoms with Gasteiger partial charge in [0.2, 0.25) is 0 Å². The van der Waals surface area contributed by atoms with E-state index in [1.807, 2.05) is 61.5 Å². The number of nitrogens with two attached hydrogens (primary N) is 1. The minimum absolute atomic E-state index is 0.491. The summed E-state index contributed by atoms with van der Waals surface area (Å²) in [6.45, 7) is 1.85. The van der Waals surface area contributed by atoms with Crippen LogP contribution in [0.25, 0.3) is 11.1 Å². The van der Waals surface area contributed by atoms with Crippen LogP contribution in [0.5, 0.6) is 0 Å². The monoisotopic (exact) mass is 303 g/mol. The SMILES string of the molecule is CC[C@H]([C@H](N)c1ccc(-c2ccccc2)cc1)S(C)(=O)=O. The van der Waals surface area contributed by atoms with Crippen molar-refractivity contribution in [1.82, 2.24) is 0 Å². The molecular formula is C17H21NO2S. The van der Waals surface area contributed by atoms with Crippen LogP contribution in [0.1, 0.15) is 24.9 Å². The predicted molar refractivity (Wildman–Crippen MR) is 87.7 cm³/mol. The molecule has 2 aromatic carbocycles. The van der Waals surface area contributed by atoms with E-state index < -0.39 is 21.1 Å². The highest BCUT2D eigenvalue weighted by Crippen LogP contribution is 2.25. The van der Waals surface area contributed by atoms with Crippen molar-refractivity contribution in [3.8, 4) is 11.1 Å². The van der Waals surface area contributed by atoms with Crippen molar-refractivity contribution in [3.05, 3.63) is 60.2 Å². The summed E-state index contributed by atoms with van der Waals surface area (Å²) in [7, 11) is -3.15. The molecule has 0 amide bonds. The molecule has 3 nitrogen and oxygen atoms in total. The molecule has 0 aromatic heterocycles. The van der Waals surface area contributed by atoms with Gasteiger partial charge in [0.15, 0.2) is 9.84 Å². The third-order valence-electron chi connectivity index (χ3n) is 3.76. The highest BCUT2D eigenvalue weighted by atomic mass is 32.2. The Hall–Kier alpha value is -1.65. The fraction of sp³-hybridized carbons (Fsp3) is 0.294. The molecule has 0 saturated heterocycles. The summed E-state index contributed by atoms with van der Waals surface area (Å²) in [5.74, 6) is 0. The second-order valence-electron chi connectivity index (χ2n) is 5.29. The molecule has 112 valence electrons. The van der Waals surface area contributed by atoms with Crippen LogP contribution < -0.4 is 5.73 Å². The topological polar surface area (TPSA) is 60.2 Å². The van der Waals surface area contributed by atoms with E-state index in [0.717, 1.165) is 16.7 Å². The number of sulfone groups is 1. The Bertz CT molecular complexity index is 678. The fourth-order valence-corrected chi connectivity index (χ4v) is 3.86. The molecule has 0 heterocycles. The molecule has 21 heavy (non-hydrogen) atoms. The van der Waals surface area contributed by atoms with Crippen molar-refractivity contribution < 1.29 is 8.42 Å². The maximum atomic E-state index is 11.8. The minimum Gasteiger partial charge on any atom is -0.323 e. The average Bonchev–Trinajstić information content (AvgIpc) is 2.47. The summed E-state index contributed by atoms with van der Waals surface area (Å²) in [6, 6.07) is 17.4. The molecule has 2 rings (SSSR count). The molecule has 0 saturated carbocycles. The van der Waals surface area contributed by atoms with Gasteiger partial charge in [0.25, 0.3) is 0 Å². The first-order valence-corrected chi connectivity index (χ1v) is 8.98. The molecular weight excluding hydrogens is 282 g/mol. The fourth-order valence-electron chi connectivity index (χ4n) is 2.57. The zero-order valence-corrected chi connectivity index (χ0v) is 13.2. The lowest BCUT2D eigenvalue weighted by Gasteiger charge is -2.21. The summed E-state index contributed by atoms with van der Waals surface area (Å²) in [5, 5.41) is -0.542. The molecule has 0 bridgehead atoms. The summed E-state index contributed by atoms with van der Waals surface area (Å²) in [6.07, 6.45) is 1.76. The van der Waals surface area contributed by atoms with Gasteiger partial charge < -0.3 is 5.73 Å². The smallest absolute Gasteiger partial charge is 0.152 e. The molecule has 0 radical (unpaired) electrons. The first-order chi connectivity index (χ1) is 9.93. The molecule has 0 spiro atoms. The summed E-state index contributed by atoms with van der Waals surface area (Å²) < 4.78 is 23.6. The van der Waals surface area contributed by atoms with Crippen molar-refractivity contribution in [2.75, 3.05) is 6.26 Å². The van der Waals surface area contributed by atoms with Crippen molar-refractivity contribution in [2.24, 2.45) is 5.73 Å². The molecule has 0 aliphatic rings. The second kappa shape index (κ2) is 6.41. The zero-order chi connectivity index (χ0) is 15.5. The van der Waals surface area contributed by atoms with Crippen LogP contribution in [0.2, 0.25) is 0 Å². The molecule has 2 aromatic rings. The molecule has 4 heteroatoms. The number of rotatable bonds is 5. The van der Waals surface area contributed by atoms with Crippen LogP contribution >= 0.6 is 0 Å². The largest absolute Gasteiger partial charge is 0.323 e. The summed E-state index contributed by atoms with van der Waals surface area (Å²) >= 11 is 0. The van der Waals surface area contributed by atoms with E-state index in [0.29, 0.717) is 6.42 Å². The van der Waals surface area contributed by atoms with Gasteiger partial charge in [0, 0.05) is 12.3 Å². The van der Waals surface area contributed by atoms with E-state index >= 15 is 0 Å². The molecule has 0 fully saturated rings. The van der Waals surface area contributed by atoms with Crippen LogP contribution in [0.3, 0.4) is 0 Å². The van der Waals surface area contributed by atoms with Gasteiger partial charge in [-0.1, -0.05) is 61.5 Å². The van der Waals surface area contributed by atoms with Gasteiger partial charge in [-0.05, 0) is 23.1 Å². The van der Waals surface area contributed by atoms with Crippen molar-refractivity contribution in [3.63, 3.8) is 0 Å². The standard InChI is InChI=1S/C17H21NO2S/c1-3-16(21(2,19)20)17(18)15-11-9-14(10-12-15)13-7-5-4-6-8-13/h4-12,16-17H,3,18H2,1-2H3/t16-,17-/m1/s1. The van der Waals surface area contributed by atoms with Crippen molar-refractivity contribution >= 4 is 9.84 Å². The molecule has 2 N–H and O–H groups in total. The number of hydrogen-bond acceptors (Lipinski definition) is 3. The maximum Gasteiger partial charge on any atom is 0.152 e. The third-order valence-corrected chi connectivity index (χ3v) is 5.48. The van der Waals surface area contributed by atoms with Crippen LogP contribution in [0.15, 0.2) is 54.6 Å². The minimum atomic E-state index is -3.15. The van der Waals surface area contributed by atoms with E-state index in [1.54, 1.807) is 0 Å². The predicted octanol–water partition coefficient (Wildman–Crippen LogP) is 3.18. The number of hydrogen-bond donors (Lipinski definition) is 1. The third kappa shape index (κ3) is 3.71. The lowest BCUT2D eigenvalue weighted by atomic mass is 9.99. The van der Waals surface area contributed by atoms with E-state index in [4.69, 9.17) is 5.73 Å². The van der Waals surface area contributed by atoms with Gasteiger partial charge in [0.1, 0.15) is 0 Å². The lowest BCUT2D eigenvalue weighted by Crippen LogP contribution is -2.32. The molecule has 2 atom stereocenters. The van der Waals surface area contributed by atoms with Gasteiger partial charge in [-0.25, -0.2) is 8.42 Å². The van der Waals surface area contributed by atoms with Crippen LogP contribution in [0.4, 0.5) is 0 Å². The lowest BCUT2D eigenvalue weighted by molar-refractivity contribution is 0.553. The van der Waals surface area contributed by atoms with Crippen molar-refractivity contribution in [1.29, 1.82) is 0 Å². The van der Waals surface area contributed by atoms with E-state index in [1.165, 1.54) is 6.26 Å². The Labute approximate surface area is 126 Å². The Balaban J connectivity index is 2.27. The zero-order valence-electron chi connectivity index (χ0n) is 12.4. The van der Waals surface area contributed by atoms with Gasteiger partial charge >= 0.3 is 0 Å². The number of benzene rings is 2. The second-order valence-corrected chi connectivity index (χ2v) is 7.55. The maximum absolute atomic E-state index is 11.8. The van der Waals surface area contributed by atoms with Crippen molar-refractivity contribution in [2.45, 2.75) is 24.6 Å². The van der Waals surface area contributed by atoms with Gasteiger partial charge in [-0.2, -0.15) is 0 Å². The quantitative estimate of drug-likeness (QED) is 0.923. The van der Waals surface area contributed by atoms with Crippen LogP contribution in [0, 0.1) is 0 Å². The first kappa shape index (κ1) is 15.7. The Kier molecular flexibility index (Phi) is 4.80. The normalized spacial score (nSPS) is 14.6. The van der Waals surface area contributed by atoms with E-state index in [9.17, 15) is 8.42 Å². The Morgan fingerprint density at radius 3 is 1.95 bits per heavy atom. The Morgan fingerprint density at radius 2 is 1.48 bits per heavy atom. The summed E-state index contributed by atoms with van der Waals surface area (Å²) in [5.41, 5.74) is 9.23. The average molecular weight is 303 g/mol. The first-order valence-electron chi connectivity index (χ1n) is 7.03. The molecule has 0 aliphatic heterocycles. The highest BCUT2D eigenvalue weighted by Gasteiger charge is 2.26. The van der Waals surface area contributed by atoms with Gasteiger partial charge in [-0.3, -0.25) is 0 Å². The van der Waals surface area contributed by atoms with Crippen LogP contribution in [-0.2, 0) is 9.84 Å². The van der Waals surface area contributed by atoms with Gasteiger partial charge in [-0.15, -0.1) is 0 Å².